The highest BCUT2D eigenvalue weighted by molar-refractivity contribution is 5.71. The van der Waals surface area contributed by atoms with Gasteiger partial charge in [0.15, 0.2) is 6.10 Å². The largest absolute Gasteiger partial charge is 0.462 e. The normalized spacial score (nSPS) is 12.6. The van der Waals surface area contributed by atoms with Crippen molar-refractivity contribution >= 4 is 17.9 Å². The van der Waals surface area contributed by atoms with E-state index >= 15 is 0 Å². The van der Waals surface area contributed by atoms with E-state index in [4.69, 9.17) is 14.2 Å². The maximum atomic E-state index is 12.7. The molecule has 0 aromatic carbocycles. The summed E-state index contributed by atoms with van der Waals surface area (Å²) >= 11 is 0. The van der Waals surface area contributed by atoms with Crippen LogP contribution in [0.5, 0.6) is 0 Å². The Kier molecular flexibility index (Phi) is 42.5. The molecule has 0 rings (SSSR count). The van der Waals surface area contributed by atoms with Crippen molar-refractivity contribution in [1.29, 1.82) is 0 Å². The van der Waals surface area contributed by atoms with Crippen molar-refractivity contribution in [3.63, 3.8) is 0 Å². The number of esters is 3. The van der Waals surface area contributed by atoms with E-state index in [1.54, 1.807) is 0 Å². The monoisotopic (exact) mass is 783 g/mol. The molecule has 0 aromatic heterocycles. The van der Waals surface area contributed by atoms with Gasteiger partial charge in [0.05, 0.1) is 0 Å². The van der Waals surface area contributed by atoms with Crippen LogP contribution in [0.3, 0.4) is 0 Å². The first-order chi connectivity index (χ1) is 27.5. The van der Waals surface area contributed by atoms with Gasteiger partial charge in [0, 0.05) is 19.3 Å². The average molecular weight is 783 g/mol. The SMILES string of the molecule is CC/C=C\C/C=C\C/C=C\CCCCC(=O)OC(COC(=O)CCCCCCCC/C=C\C=C/CCCCC)COC(=O)CCCCCCCCCCCCC. The Labute approximate surface area is 345 Å². The molecule has 0 heterocycles. The van der Waals surface area contributed by atoms with Gasteiger partial charge in [-0.25, -0.2) is 0 Å². The molecule has 322 valence electrons. The van der Waals surface area contributed by atoms with E-state index < -0.39 is 6.10 Å². The topological polar surface area (TPSA) is 78.9 Å². The Morgan fingerprint density at radius 3 is 1.27 bits per heavy atom. The molecule has 0 spiro atoms. The van der Waals surface area contributed by atoms with Gasteiger partial charge in [-0.15, -0.1) is 0 Å². The molecule has 0 aliphatic heterocycles. The number of hydrogen-bond acceptors (Lipinski definition) is 6. The van der Waals surface area contributed by atoms with Crippen LogP contribution >= 0.6 is 0 Å². The fourth-order valence-electron chi connectivity index (χ4n) is 6.27. The van der Waals surface area contributed by atoms with Gasteiger partial charge in [-0.1, -0.05) is 184 Å². The second-order valence-electron chi connectivity index (χ2n) is 15.3. The van der Waals surface area contributed by atoms with Crippen LogP contribution in [0.25, 0.3) is 0 Å². The number of ether oxygens (including phenoxy) is 3. The summed E-state index contributed by atoms with van der Waals surface area (Å²) in [6.45, 7) is 6.43. The van der Waals surface area contributed by atoms with Gasteiger partial charge in [0.25, 0.3) is 0 Å². The Balaban J connectivity index is 4.44. The van der Waals surface area contributed by atoms with Gasteiger partial charge in [0.1, 0.15) is 13.2 Å². The van der Waals surface area contributed by atoms with Crippen LogP contribution in [0.4, 0.5) is 0 Å². The molecule has 56 heavy (non-hydrogen) atoms. The highest BCUT2D eigenvalue weighted by Crippen LogP contribution is 2.14. The molecule has 0 fully saturated rings. The molecule has 0 bridgehead atoms. The zero-order valence-electron chi connectivity index (χ0n) is 36.6. The van der Waals surface area contributed by atoms with Crippen LogP contribution in [0, 0.1) is 0 Å². The minimum Gasteiger partial charge on any atom is -0.462 e. The number of rotatable bonds is 41. The van der Waals surface area contributed by atoms with Gasteiger partial charge in [0.2, 0.25) is 0 Å². The molecular weight excluding hydrogens is 697 g/mol. The van der Waals surface area contributed by atoms with E-state index in [1.807, 2.05) is 0 Å². The smallest absolute Gasteiger partial charge is 0.306 e. The van der Waals surface area contributed by atoms with Gasteiger partial charge in [-0.2, -0.15) is 0 Å². The molecule has 0 saturated carbocycles. The van der Waals surface area contributed by atoms with Gasteiger partial charge in [-0.3, -0.25) is 14.4 Å². The second kappa shape index (κ2) is 44.8. The van der Waals surface area contributed by atoms with Gasteiger partial charge < -0.3 is 14.2 Å². The summed E-state index contributed by atoms with van der Waals surface area (Å²) in [4.78, 5) is 37.7. The quantitative estimate of drug-likeness (QED) is 0.0202. The first kappa shape index (κ1) is 53.1. The molecule has 1 atom stereocenters. The maximum Gasteiger partial charge on any atom is 0.306 e. The minimum absolute atomic E-state index is 0.0925. The molecular formula is C50H86O6. The fraction of sp³-hybridized carbons (Fsp3) is 0.740. The average Bonchev–Trinajstić information content (AvgIpc) is 3.19. The van der Waals surface area contributed by atoms with Crippen LogP contribution in [0.2, 0.25) is 0 Å². The second-order valence-corrected chi connectivity index (χ2v) is 15.3. The van der Waals surface area contributed by atoms with Crippen molar-refractivity contribution in [3.8, 4) is 0 Å². The fourth-order valence-corrected chi connectivity index (χ4v) is 6.27. The number of allylic oxidation sites excluding steroid dienone is 10. The number of unbranched alkanes of at least 4 members (excludes halogenated alkanes) is 21. The Bertz CT molecular complexity index is 1040. The molecule has 1 unspecified atom stereocenters. The minimum atomic E-state index is -0.794. The van der Waals surface area contributed by atoms with E-state index in [1.165, 1.54) is 96.3 Å². The summed E-state index contributed by atoms with van der Waals surface area (Å²) in [6.07, 6.45) is 53.4. The standard InChI is InChI=1S/C50H86O6/c1-4-7-10-13-16-19-22-24-25-26-29-31-34-37-40-43-49(52)55-46-47(45-54-48(51)42-39-36-33-30-27-21-18-15-12-9-6-3)56-50(53)44-41-38-35-32-28-23-20-17-14-11-8-5-2/h8,11,16-17,19-20,22,24,28,32,47H,4-7,9-10,12-15,18,21,23,25-27,29-31,33-46H2,1-3H3/b11-8-,19-16-,20-17-,24-22-,32-28-. The van der Waals surface area contributed by atoms with E-state index in [9.17, 15) is 14.4 Å². The van der Waals surface area contributed by atoms with E-state index in [0.717, 1.165) is 77.0 Å². The van der Waals surface area contributed by atoms with Crippen molar-refractivity contribution in [3.05, 3.63) is 60.8 Å². The summed E-state index contributed by atoms with van der Waals surface area (Å²) in [6, 6.07) is 0. The summed E-state index contributed by atoms with van der Waals surface area (Å²) in [7, 11) is 0. The molecule has 0 N–H and O–H groups in total. The van der Waals surface area contributed by atoms with E-state index in [-0.39, 0.29) is 37.5 Å². The van der Waals surface area contributed by atoms with Crippen molar-refractivity contribution in [1.82, 2.24) is 0 Å². The molecule has 6 nitrogen and oxygen atoms in total. The summed E-state index contributed by atoms with van der Waals surface area (Å²) in [5.74, 6) is -0.947. The Morgan fingerprint density at radius 1 is 0.393 bits per heavy atom. The van der Waals surface area contributed by atoms with Crippen LogP contribution in [-0.2, 0) is 28.6 Å². The maximum absolute atomic E-state index is 12.7. The molecule has 0 amide bonds. The van der Waals surface area contributed by atoms with Crippen LogP contribution < -0.4 is 0 Å². The van der Waals surface area contributed by atoms with Crippen molar-refractivity contribution < 1.29 is 28.6 Å². The Morgan fingerprint density at radius 2 is 0.750 bits per heavy atom. The van der Waals surface area contributed by atoms with Crippen molar-refractivity contribution in [2.45, 2.75) is 226 Å². The third-order valence-electron chi connectivity index (χ3n) is 9.78. The molecule has 6 heteroatoms. The predicted octanol–water partition coefficient (Wildman–Crippen LogP) is 14.9. The highest BCUT2D eigenvalue weighted by atomic mass is 16.6. The lowest BCUT2D eigenvalue weighted by Gasteiger charge is -2.18. The summed E-state index contributed by atoms with van der Waals surface area (Å²) < 4.78 is 16.7. The summed E-state index contributed by atoms with van der Waals surface area (Å²) in [5.41, 5.74) is 0. The third-order valence-corrected chi connectivity index (χ3v) is 9.78. The molecule has 0 aliphatic carbocycles. The first-order valence-electron chi connectivity index (χ1n) is 23.3. The van der Waals surface area contributed by atoms with Crippen LogP contribution in [0.15, 0.2) is 60.8 Å². The molecule has 0 aromatic rings. The third kappa shape index (κ3) is 42.3. The number of carbonyl (C=O) groups is 3. The zero-order chi connectivity index (χ0) is 40.8. The molecule has 0 radical (unpaired) electrons. The zero-order valence-corrected chi connectivity index (χ0v) is 36.6. The van der Waals surface area contributed by atoms with Crippen molar-refractivity contribution in [2.24, 2.45) is 0 Å². The molecule has 0 saturated heterocycles. The summed E-state index contributed by atoms with van der Waals surface area (Å²) in [5, 5.41) is 0. The first-order valence-corrected chi connectivity index (χ1v) is 23.3. The lowest BCUT2D eigenvalue weighted by atomic mass is 10.1. The number of hydrogen-bond donors (Lipinski definition) is 0. The molecule has 0 aliphatic rings. The lowest BCUT2D eigenvalue weighted by molar-refractivity contribution is -0.167. The predicted molar refractivity (Wildman–Crippen MR) is 238 cm³/mol. The highest BCUT2D eigenvalue weighted by Gasteiger charge is 2.19. The number of carbonyl (C=O) groups excluding carboxylic acids is 3. The lowest BCUT2D eigenvalue weighted by Crippen LogP contribution is -2.30. The van der Waals surface area contributed by atoms with Gasteiger partial charge >= 0.3 is 17.9 Å². The van der Waals surface area contributed by atoms with Gasteiger partial charge in [-0.05, 0) is 77.0 Å². The van der Waals surface area contributed by atoms with E-state index in [0.29, 0.717) is 19.3 Å². The van der Waals surface area contributed by atoms with Crippen LogP contribution in [-0.4, -0.2) is 37.2 Å². The van der Waals surface area contributed by atoms with Crippen molar-refractivity contribution in [2.75, 3.05) is 13.2 Å². The van der Waals surface area contributed by atoms with Crippen LogP contribution in [0.1, 0.15) is 220 Å². The Hall–Kier alpha value is -2.89. The van der Waals surface area contributed by atoms with E-state index in [2.05, 4.69) is 81.5 Å².